The Balaban J connectivity index is 1.57. The Kier molecular flexibility index (Phi) is 4.90. The number of hydrogen-bond acceptors (Lipinski definition) is 0. The van der Waals surface area contributed by atoms with E-state index in [2.05, 4.69) is 6.92 Å². The summed E-state index contributed by atoms with van der Waals surface area (Å²) < 4.78 is 64.2. The standard InChI is InChI=1S/C20H29F5S/c1-2-15-3-5-16(6-4-15)17-7-9-18(10-8-17)19-11-13-20(14-12-19)26(21,22,23,24)25/h11-18H,2-10H2,1H3/t15-,16-,17?,18?. The summed E-state index contributed by atoms with van der Waals surface area (Å²) in [7, 11) is -9.56. The van der Waals surface area contributed by atoms with Crippen molar-refractivity contribution in [2.45, 2.75) is 75.5 Å². The molecule has 0 atom stereocenters. The van der Waals surface area contributed by atoms with E-state index in [1.165, 1.54) is 44.2 Å². The van der Waals surface area contributed by atoms with Gasteiger partial charge in [-0.25, -0.2) is 0 Å². The zero-order chi connectivity index (χ0) is 19.1. The maximum atomic E-state index is 12.8. The highest BCUT2D eigenvalue weighted by Gasteiger charge is 2.65. The van der Waals surface area contributed by atoms with Crippen LogP contribution in [-0.2, 0) is 0 Å². The molecule has 0 aliphatic heterocycles. The minimum absolute atomic E-state index is 0.200. The average molecular weight is 397 g/mol. The SMILES string of the molecule is CC[C@H]1CC[C@H](C2CCC(c3ccc(S(F)(F)(F)(F)F)cc3)CC2)CC1. The Morgan fingerprint density at radius 1 is 0.731 bits per heavy atom. The van der Waals surface area contributed by atoms with Crippen molar-refractivity contribution in [3.8, 4) is 0 Å². The summed E-state index contributed by atoms with van der Waals surface area (Å²) >= 11 is 0. The van der Waals surface area contributed by atoms with Gasteiger partial charge in [0.2, 0.25) is 0 Å². The highest BCUT2D eigenvalue weighted by Crippen LogP contribution is 3.02. The van der Waals surface area contributed by atoms with Crippen LogP contribution in [0, 0.1) is 17.8 Å². The third-order valence-electron chi connectivity index (χ3n) is 6.70. The van der Waals surface area contributed by atoms with E-state index in [4.69, 9.17) is 0 Å². The number of halogens is 5. The van der Waals surface area contributed by atoms with Gasteiger partial charge in [-0.2, -0.15) is 0 Å². The van der Waals surface area contributed by atoms with Gasteiger partial charge >= 0.3 is 10.2 Å². The summed E-state index contributed by atoms with van der Waals surface area (Å²) in [5.41, 5.74) is 0.767. The third-order valence-corrected chi connectivity index (χ3v) is 7.87. The third kappa shape index (κ3) is 4.73. The molecule has 2 fully saturated rings. The molecule has 2 aliphatic carbocycles. The summed E-state index contributed by atoms with van der Waals surface area (Å²) in [5.74, 6) is 2.61. The van der Waals surface area contributed by atoms with Gasteiger partial charge in [0.25, 0.3) is 0 Å². The van der Waals surface area contributed by atoms with E-state index in [9.17, 15) is 19.4 Å². The zero-order valence-electron chi connectivity index (χ0n) is 15.3. The highest BCUT2D eigenvalue weighted by molar-refractivity contribution is 8.45. The van der Waals surface area contributed by atoms with Gasteiger partial charge < -0.3 is 0 Å². The van der Waals surface area contributed by atoms with Crippen molar-refractivity contribution < 1.29 is 19.4 Å². The van der Waals surface area contributed by atoms with Crippen molar-refractivity contribution >= 4 is 10.2 Å². The Labute approximate surface area is 153 Å². The van der Waals surface area contributed by atoms with Crippen LogP contribution in [0.2, 0.25) is 0 Å². The van der Waals surface area contributed by atoms with E-state index >= 15 is 0 Å². The lowest BCUT2D eigenvalue weighted by Gasteiger charge is -2.41. The van der Waals surface area contributed by atoms with Crippen LogP contribution >= 0.6 is 10.2 Å². The van der Waals surface area contributed by atoms with Crippen molar-refractivity contribution in [1.29, 1.82) is 0 Å². The predicted molar refractivity (Wildman–Crippen MR) is 98.3 cm³/mol. The van der Waals surface area contributed by atoms with Crippen molar-refractivity contribution in [2.75, 3.05) is 0 Å². The summed E-state index contributed by atoms with van der Waals surface area (Å²) in [6.45, 7) is 2.26. The van der Waals surface area contributed by atoms with Crippen molar-refractivity contribution in [3.05, 3.63) is 29.8 Å². The molecule has 26 heavy (non-hydrogen) atoms. The fraction of sp³-hybridized carbons (Fsp3) is 0.700. The Bertz CT molecular complexity index is 606. The fourth-order valence-corrected chi connectivity index (χ4v) is 5.64. The largest absolute Gasteiger partial charge is 0.310 e. The molecule has 0 N–H and O–H groups in total. The van der Waals surface area contributed by atoms with Gasteiger partial charge in [-0.15, -0.1) is 0 Å². The molecule has 1 aromatic carbocycles. The van der Waals surface area contributed by atoms with Crippen LogP contribution in [0.1, 0.15) is 76.2 Å². The van der Waals surface area contributed by atoms with Crippen LogP contribution in [-0.4, -0.2) is 0 Å². The van der Waals surface area contributed by atoms with Gasteiger partial charge in [0, 0.05) is 0 Å². The first-order valence-electron chi connectivity index (χ1n) is 9.80. The topological polar surface area (TPSA) is 0 Å². The summed E-state index contributed by atoms with van der Waals surface area (Å²) in [5, 5.41) is 0. The molecule has 0 nitrogen and oxygen atoms in total. The summed E-state index contributed by atoms with van der Waals surface area (Å²) in [4.78, 5) is -1.78. The molecule has 0 heterocycles. The molecule has 0 spiro atoms. The lowest BCUT2D eigenvalue weighted by atomic mass is 9.68. The molecule has 1 aromatic rings. The van der Waals surface area contributed by atoms with Gasteiger partial charge in [0.05, 0.1) is 0 Å². The molecular formula is C20H29F5S. The minimum Gasteiger partial charge on any atom is -0.0936 e. The van der Waals surface area contributed by atoms with Crippen LogP contribution in [0.4, 0.5) is 19.4 Å². The van der Waals surface area contributed by atoms with E-state index in [0.29, 0.717) is 12.1 Å². The number of rotatable bonds is 4. The zero-order valence-corrected chi connectivity index (χ0v) is 16.1. The van der Waals surface area contributed by atoms with Crippen molar-refractivity contribution in [3.63, 3.8) is 0 Å². The molecule has 6 heteroatoms. The number of benzene rings is 1. The Morgan fingerprint density at radius 2 is 1.19 bits per heavy atom. The average Bonchev–Trinajstić information content (AvgIpc) is 2.60. The molecule has 0 aromatic heterocycles. The van der Waals surface area contributed by atoms with Crippen LogP contribution in [0.3, 0.4) is 0 Å². The smallest absolute Gasteiger partial charge is 0.0936 e. The molecule has 0 radical (unpaired) electrons. The molecule has 2 saturated carbocycles. The molecule has 0 saturated heterocycles. The first kappa shape index (κ1) is 20.0. The van der Waals surface area contributed by atoms with Crippen LogP contribution in [0.25, 0.3) is 0 Å². The molecule has 150 valence electrons. The lowest BCUT2D eigenvalue weighted by Crippen LogP contribution is -2.25. The molecule has 0 unspecified atom stereocenters. The lowest BCUT2D eigenvalue weighted by molar-refractivity contribution is 0.158. The molecule has 0 bridgehead atoms. The summed E-state index contributed by atoms with van der Waals surface area (Å²) in [6.07, 6.45) is 10.7. The molecule has 2 aliphatic rings. The van der Waals surface area contributed by atoms with E-state index in [1.807, 2.05) is 0 Å². The molecular weight excluding hydrogens is 367 g/mol. The van der Waals surface area contributed by atoms with Gasteiger partial charge in [-0.3, -0.25) is 0 Å². The summed E-state index contributed by atoms with van der Waals surface area (Å²) in [6, 6.07) is 3.64. The van der Waals surface area contributed by atoms with E-state index in [0.717, 1.165) is 49.0 Å². The van der Waals surface area contributed by atoms with Gasteiger partial charge in [-0.1, -0.05) is 57.7 Å². The maximum absolute atomic E-state index is 12.8. The van der Waals surface area contributed by atoms with Crippen molar-refractivity contribution in [2.24, 2.45) is 17.8 Å². The Morgan fingerprint density at radius 3 is 1.62 bits per heavy atom. The second-order valence-corrected chi connectivity index (χ2v) is 10.7. The van der Waals surface area contributed by atoms with Gasteiger partial charge in [0.15, 0.2) is 0 Å². The minimum atomic E-state index is -9.56. The van der Waals surface area contributed by atoms with E-state index in [1.54, 1.807) is 0 Å². The Hall–Kier alpha value is -0.780. The van der Waals surface area contributed by atoms with Gasteiger partial charge in [-0.05, 0) is 79.9 Å². The van der Waals surface area contributed by atoms with Crippen LogP contribution in [0.15, 0.2) is 29.2 Å². The normalized spacial score (nSPS) is 33.3. The predicted octanol–water partition coefficient (Wildman–Crippen LogP) is 8.83. The van der Waals surface area contributed by atoms with Gasteiger partial charge in [0.1, 0.15) is 4.90 Å². The highest BCUT2D eigenvalue weighted by atomic mass is 32.5. The maximum Gasteiger partial charge on any atom is 0.310 e. The van der Waals surface area contributed by atoms with Crippen LogP contribution in [0.5, 0.6) is 0 Å². The van der Waals surface area contributed by atoms with Crippen molar-refractivity contribution in [1.82, 2.24) is 0 Å². The van der Waals surface area contributed by atoms with E-state index in [-0.39, 0.29) is 5.92 Å². The second kappa shape index (κ2) is 6.39. The fourth-order valence-electron chi connectivity index (χ4n) is 4.99. The monoisotopic (exact) mass is 396 g/mol. The number of hydrogen-bond donors (Lipinski definition) is 0. The first-order valence-corrected chi connectivity index (χ1v) is 11.8. The molecule has 3 rings (SSSR count). The van der Waals surface area contributed by atoms with Crippen LogP contribution < -0.4 is 0 Å². The molecule has 0 amide bonds. The quantitative estimate of drug-likeness (QED) is 0.446. The first-order chi connectivity index (χ1) is 12.0. The van der Waals surface area contributed by atoms with E-state index < -0.39 is 15.1 Å². The second-order valence-electron chi connectivity index (χ2n) is 8.34.